The Bertz CT molecular complexity index is 2450. The van der Waals surface area contributed by atoms with Gasteiger partial charge >= 0.3 is 0 Å². The van der Waals surface area contributed by atoms with Crippen LogP contribution in [-0.4, -0.2) is 76.1 Å². The number of primary amides is 1. The van der Waals surface area contributed by atoms with Crippen LogP contribution >= 0.6 is 0 Å². The number of ketones is 1. The van der Waals surface area contributed by atoms with Crippen molar-refractivity contribution in [1.29, 1.82) is 0 Å². The lowest BCUT2D eigenvalue weighted by Gasteiger charge is -2.26. The number of nitrogens with one attached hydrogen (secondary N) is 6. The lowest BCUT2D eigenvalue weighted by Crippen LogP contribution is -2.58. The van der Waals surface area contributed by atoms with Crippen LogP contribution in [0.5, 0.6) is 0 Å². The van der Waals surface area contributed by atoms with E-state index < -0.39 is 53.6 Å². The average molecular weight is 882 g/mol. The van der Waals surface area contributed by atoms with Crippen LogP contribution < -0.4 is 32.5 Å². The summed E-state index contributed by atoms with van der Waals surface area (Å²) in [7, 11) is 0. The molecule has 0 spiro atoms. The molecule has 65 heavy (non-hydrogen) atoms. The van der Waals surface area contributed by atoms with E-state index in [1.807, 2.05) is 36.4 Å². The van der Waals surface area contributed by atoms with Gasteiger partial charge < -0.3 is 32.0 Å². The molecular weight excluding hydrogens is 827 g/mol. The smallest absolute Gasteiger partial charge is 0.244 e. The van der Waals surface area contributed by atoms with Crippen LogP contribution in [0.4, 0.5) is 0 Å². The van der Waals surface area contributed by atoms with E-state index in [1.54, 1.807) is 84.5 Å². The highest BCUT2D eigenvalue weighted by atomic mass is 16.5. The fraction of sp³-hybridized carbons (Fsp3) is 0.300. The number of carbonyl (C=O) groups is 7. The van der Waals surface area contributed by atoms with Crippen LogP contribution in [0, 0.1) is 18.3 Å². The molecule has 5 aromatic rings. The summed E-state index contributed by atoms with van der Waals surface area (Å²) in [6, 6.07) is 28.0. The highest BCUT2D eigenvalue weighted by molar-refractivity contribution is 6.09. The molecule has 15 heteroatoms. The highest BCUT2D eigenvalue weighted by Crippen LogP contribution is 2.21. The summed E-state index contributed by atoms with van der Waals surface area (Å²) in [4.78, 5) is 96.5. The highest BCUT2D eigenvalue weighted by Gasteiger charge is 2.32. The zero-order valence-corrected chi connectivity index (χ0v) is 36.0. The number of unbranched alkanes of at least 4 members (excludes halogenated alkanes) is 2. The van der Waals surface area contributed by atoms with Crippen LogP contribution in [0.25, 0.3) is 10.9 Å². The van der Waals surface area contributed by atoms with Crippen molar-refractivity contribution in [2.45, 2.75) is 82.3 Å². The molecular formula is C50H55N7O8. The second-order valence-corrected chi connectivity index (χ2v) is 15.8. The number of para-hydroxylation sites is 1. The topological polar surface area (TPSA) is 242 Å². The second-order valence-electron chi connectivity index (χ2n) is 15.8. The van der Waals surface area contributed by atoms with Crippen LogP contribution in [0.2, 0.25) is 0 Å². The third-order valence-electron chi connectivity index (χ3n) is 10.9. The number of H-pyrrole nitrogens is 1. The number of benzene rings is 4. The third-order valence-corrected chi connectivity index (χ3v) is 10.9. The van der Waals surface area contributed by atoms with Gasteiger partial charge in [0.1, 0.15) is 18.1 Å². The molecule has 1 heterocycles. The lowest BCUT2D eigenvalue weighted by molar-refractivity contribution is -0.136. The van der Waals surface area contributed by atoms with Crippen molar-refractivity contribution in [3.05, 3.63) is 143 Å². The number of aromatic nitrogens is 1. The molecule has 0 saturated heterocycles. The first-order chi connectivity index (χ1) is 31.4. The molecule has 0 radical (unpaired) electrons. The quantitative estimate of drug-likeness (QED) is 0.0140. The average Bonchev–Trinajstić information content (AvgIpc) is 3.73. The number of hydrogen-bond donors (Lipinski definition) is 8. The second kappa shape index (κ2) is 24.9. The molecule has 6 amide bonds. The standard InChI is InChI=1S/C50H55N7O8/c1-2-3-6-22-44(58)52-27-14-13-21-41(47(51)61)54-49(63)42(29-34-23-25-36(26-24-34)46(60)35-17-9-5-10-18-35)56-50(64)43(30-38-32-53-40-20-12-11-19-39(38)40)55-48(62)37(31-45(59)57-65)28-33-15-7-4-8-16-33/h1,4-5,7-12,15-20,23-26,32,37,41-43,53,65H,3,6,13-14,21-22,27-31H2,(H2,51,61)(H,52,58)(H,54,63)(H,55,62)(H,56,64)(H,57,59)/t37-,41?,42+,43+/m1/s1. The van der Waals surface area contributed by atoms with Gasteiger partial charge in [0, 0.05) is 66.9 Å². The minimum Gasteiger partial charge on any atom is -0.368 e. The Hall–Kier alpha value is -7.57. The first-order valence-electron chi connectivity index (χ1n) is 21.6. The number of rotatable bonds is 25. The summed E-state index contributed by atoms with van der Waals surface area (Å²) in [6.07, 6.45) is 9.02. The fourth-order valence-electron chi connectivity index (χ4n) is 7.41. The zero-order chi connectivity index (χ0) is 46.6. The maximum Gasteiger partial charge on any atom is 0.244 e. The molecule has 4 aromatic carbocycles. The molecule has 0 bridgehead atoms. The normalized spacial score (nSPS) is 12.7. The molecule has 0 saturated carbocycles. The summed E-state index contributed by atoms with van der Waals surface area (Å²) < 4.78 is 0. The van der Waals surface area contributed by atoms with Gasteiger partial charge in [0.25, 0.3) is 0 Å². The third kappa shape index (κ3) is 15.0. The number of hydroxylamine groups is 1. The van der Waals surface area contributed by atoms with Crippen LogP contribution in [0.15, 0.2) is 115 Å². The van der Waals surface area contributed by atoms with Gasteiger partial charge in [-0.3, -0.25) is 38.8 Å². The first kappa shape index (κ1) is 48.5. The molecule has 1 aromatic heterocycles. The number of terminal acetylenes is 1. The minimum absolute atomic E-state index is 0.0270. The van der Waals surface area contributed by atoms with Crippen molar-refractivity contribution in [3.8, 4) is 12.3 Å². The maximum atomic E-state index is 14.6. The predicted molar refractivity (Wildman–Crippen MR) is 245 cm³/mol. The summed E-state index contributed by atoms with van der Waals surface area (Å²) in [5.41, 5.74) is 11.0. The van der Waals surface area contributed by atoms with Crippen molar-refractivity contribution in [3.63, 3.8) is 0 Å². The van der Waals surface area contributed by atoms with E-state index in [1.165, 1.54) is 0 Å². The van der Waals surface area contributed by atoms with E-state index in [9.17, 15) is 38.8 Å². The molecule has 9 N–H and O–H groups in total. The predicted octanol–water partition coefficient (Wildman–Crippen LogP) is 3.97. The minimum atomic E-state index is -1.31. The summed E-state index contributed by atoms with van der Waals surface area (Å²) in [6.45, 7) is 0.343. The molecule has 0 aliphatic heterocycles. The Morgan fingerprint density at radius 1 is 0.646 bits per heavy atom. The van der Waals surface area contributed by atoms with Crippen molar-refractivity contribution in [2.75, 3.05) is 6.54 Å². The SMILES string of the molecule is C#CCCCC(=O)NCCCCC(NC(=O)[C@H](Cc1ccc(C(=O)c2ccccc2)cc1)NC(=O)[C@H](Cc1c[nH]c2ccccc12)NC(=O)[C@@H](CC(=O)NO)Cc1ccccc1)C(N)=O. The van der Waals surface area contributed by atoms with Crippen molar-refractivity contribution < 1.29 is 38.8 Å². The monoisotopic (exact) mass is 881 g/mol. The van der Waals surface area contributed by atoms with Crippen LogP contribution in [0.3, 0.4) is 0 Å². The fourth-order valence-corrected chi connectivity index (χ4v) is 7.41. The van der Waals surface area contributed by atoms with E-state index in [0.29, 0.717) is 60.9 Å². The van der Waals surface area contributed by atoms with E-state index in [2.05, 4.69) is 32.2 Å². The number of nitrogens with two attached hydrogens (primary N) is 1. The molecule has 1 unspecified atom stereocenters. The number of amides is 6. The van der Waals surface area contributed by atoms with E-state index in [-0.39, 0.29) is 43.8 Å². The number of hydrogen-bond acceptors (Lipinski definition) is 8. The Morgan fingerprint density at radius 2 is 1.25 bits per heavy atom. The summed E-state index contributed by atoms with van der Waals surface area (Å²) in [5, 5.41) is 21.3. The van der Waals surface area contributed by atoms with E-state index in [4.69, 9.17) is 12.2 Å². The van der Waals surface area contributed by atoms with Gasteiger partial charge in [-0.1, -0.05) is 103 Å². The van der Waals surface area contributed by atoms with Crippen molar-refractivity contribution in [2.24, 2.45) is 11.7 Å². The molecule has 4 atom stereocenters. The number of carbonyl (C=O) groups excluding carboxylic acids is 7. The Kier molecular flexibility index (Phi) is 18.6. The molecule has 0 aliphatic rings. The van der Waals surface area contributed by atoms with Crippen molar-refractivity contribution >= 4 is 52.1 Å². The molecule has 5 rings (SSSR count). The summed E-state index contributed by atoms with van der Waals surface area (Å²) >= 11 is 0. The van der Waals surface area contributed by atoms with Gasteiger partial charge in [-0.05, 0) is 54.9 Å². The van der Waals surface area contributed by atoms with Crippen LogP contribution in [0.1, 0.15) is 77.6 Å². The Morgan fingerprint density at radius 3 is 1.92 bits per heavy atom. The maximum absolute atomic E-state index is 14.6. The Labute approximate surface area is 377 Å². The molecule has 15 nitrogen and oxygen atoms in total. The number of aromatic amines is 1. The van der Waals surface area contributed by atoms with Gasteiger partial charge in [0.15, 0.2) is 5.78 Å². The largest absolute Gasteiger partial charge is 0.368 e. The van der Waals surface area contributed by atoms with Gasteiger partial charge in [0.2, 0.25) is 35.4 Å². The lowest BCUT2D eigenvalue weighted by atomic mass is 9.94. The van der Waals surface area contributed by atoms with Crippen molar-refractivity contribution in [1.82, 2.24) is 31.7 Å². The van der Waals surface area contributed by atoms with Gasteiger partial charge in [-0.2, -0.15) is 0 Å². The zero-order valence-electron chi connectivity index (χ0n) is 36.0. The summed E-state index contributed by atoms with van der Waals surface area (Å²) in [5.74, 6) is -2.56. The van der Waals surface area contributed by atoms with Gasteiger partial charge in [-0.25, -0.2) is 5.48 Å². The van der Waals surface area contributed by atoms with Gasteiger partial charge in [-0.15, -0.1) is 12.3 Å². The molecule has 0 fully saturated rings. The number of fused-ring (bicyclic) bond motifs is 1. The van der Waals surface area contributed by atoms with Gasteiger partial charge in [0.05, 0.1) is 5.92 Å². The molecule has 338 valence electrons. The van der Waals surface area contributed by atoms with Crippen LogP contribution in [-0.2, 0) is 48.0 Å². The first-order valence-corrected chi connectivity index (χ1v) is 21.6. The Balaban J connectivity index is 1.40. The van der Waals surface area contributed by atoms with E-state index in [0.717, 1.165) is 16.5 Å². The van der Waals surface area contributed by atoms with E-state index >= 15 is 0 Å². The molecule has 0 aliphatic carbocycles.